The molecular weight excluding hydrogens is 999 g/mol. The molecule has 4 atom stereocenters. The maximum Gasteiger partial charge on any atom is 0.261 e. The maximum absolute atomic E-state index is 14.1. The molecule has 0 unspecified atom stereocenters. The van der Waals surface area contributed by atoms with Crippen LogP contribution in [0.2, 0.25) is 0 Å². The smallest absolute Gasteiger partial charge is 0.261 e. The van der Waals surface area contributed by atoms with E-state index in [0.29, 0.717) is 108 Å². The molecule has 9 rings (SSSR count). The molecule has 6 N–H and O–H groups in total. The van der Waals surface area contributed by atoms with Crippen molar-refractivity contribution in [3.05, 3.63) is 124 Å². The molecule has 0 radical (unpaired) electrons. The summed E-state index contributed by atoms with van der Waals surface area (Å²) in [7, 11) is 4.67. The van der Waals surface area contributed by atoms with E-state index in [-0.39, 0.29) is 61.8 Å². The number of carbonyl (C=O) groups excluding carboxylic acids is 6. The van der Waals surface area contributed by atoms with Gasteiger partial charge in [0.25, 0.3) is 11.8 Å². The van der Waals surface area contributed by atoms with Crippen LogP contribution in [0.15, 0.2) is 96.0 Å². The van der Waals surface area contributed by atoms with Gasteiger partial charge in [-0.15, -0.1) is 0 Å². The van der Waals surface area contributed by atoms with Gasteiger partial charge in [0.1, 0.15) is 25.3 Å². The van der Waals surface area contributed by atoms with E-state index in [9.17, 15) is 28.8 Å². The normalized spacial score (nSPS) is 16.3. The molecule has 0 saturated carbocycles. The zero-order chi connectivity index (χ0) is 54.9. The summed E-state index contributed by atoms with van der Waals surface area (Å²) in [4.78, 5) is 93.5. The summed E-state index contributed by atoms with van der Waals surface area (Å²) < 4.78 is 24.4. The number of amides is 6. The summed E-state index contributed by atoms with van der Waals surface area (Å²) >= 11 is 0. The summed E-state index contributed by atoms with van der Waals surface area (Å²) in [5.41, 5.74) is 9.96. The first kappa shape index (κ1) is 54.3. The molecule has 4 aliphatic rings. The fourth-order valence-electron chi connectivity index (χ4n) is 10.1. The van der Waals surface area contributed by atoms with Gasteiger partial charge in [-0.1, -0.05) is 36.4 Å². The molecule has 0 bridgehead atoms. The van der Waals surface area contributed by atoms with Gasteiger partial charge in [0.05, 0.1) is 55.4 Å². The third kappa shape index (κ3) is 12.3. The Labute approximate surface area is 452 Å². The molecular formula is C58H65N9O11. The molecule has 5 aromatic rings. The number of rotatable bonds is 23. The molecule has 6 amide bonds. The zero-order valence-electron chi connectivity index (χ0n) is 44.4. The van der Waals surface area contributed by atoms with Gasteiger partial charge < -0.3 is 55.3 Å². The number of benzene rings is 5. The average Bonchev–Trinajstić information content (AvgIpc) is 3.99. The number of nitrogens with one attached hydrogen (secondary N) is 6. The van der Waals surface area contributed by atoms with Crippen LogP contribution in [0, 0.1) is 0 Å². The van der Waals surface area contributed by atoms with Crippen molar-refractivity contribution < 1.29 is 52.6 Å². The lowest BCUT2D eigenvalue weighted by Gasteiger charge is -2.22. The third-order valence-electron chi connectivity index (χ3n) is 14.1. The number of hydroxylamine groups is 1. The molecule has 20 heteroatoms. The number of fused-ring (bicyclic) bond motifs is 8. The van der Waals surface area contributed by atoms with Gasteiger partial charge in [0, 0.05) is 74.8 Å². The van der Waals surface area contributed by atoms with E-state index in [1.807, 2.05) is 59.5 Å². The second-order valence-corrected chi connectivity index (χ2v) is 19.6. The summed E-state index contributed by atoms with van der Waals surface area (Å²) in [6, 6.07) is 25.5. The van der Waals surface area contributed by atoms with Crippen molar-refractivity contribution in [2.45, 2.75) is 96.2 Å². The van der Waals surface area contributed by atoms with E-state index in [2.05, 4.69) is 32.1 Å². The number of hydrogen-bond donors (Lipinski definition) is 6. The summed E-state index contributed by atoms with van der Waals surface area (Å²) in [5, 5.41) is 14.6. The lowest BCUT2D eigenvalue weighted by Crippen LogP contribution is -2.50. The number of nitrogens with zero attached hydrogens (tertiary/aromatic N) is 3. The van der Waals surface area contributed by atoms with Gasteiger partial charge in [-0.25, -0.2) is 5.48 Å². The Balaban J connectivity index is 0.885. The van der Waals surface area contributed by atoms with Crippen LogP contribution in [-0.2, 0) is 50.1 Å². The predicted octanol–water partition coefficient (Wildman–Crippen LogP) is 6.31. The van der Waals surface area contributed by atoms with Crippen molar-refractivity contribution in [3.63, 3.8) is 0 Å². The van der Waals surface area contributed by atoms with E-state index in [0.717, 1.165) is 28.9 Å². The minimum atomic E-state index is -1.03. The highest BCUT2D eigenvalue weighted by Gasteiger charge is 2.39. The van der Waals surface area contributed by atoms with E-state index in [1.165, 1.54) is 28.1 Å². The van der Waals surface area contributed by atoms with E-state index in [1.54, 1.807) is 54.6 Å². The molecule has 0 aliphatic carbocycles. The first-order valence-corrected chi connectivity index (χ1v) is 26.2. The largest absolute Gasteiger partial charge is 0.493 e. The number of para-hydroxylation sites is 2. The van der Waals surface area contributed by atoms with Crippen LogP contribution in [-0.4, -0.2) is 107 Å². The van der Waals surface area contributed by atoms with Crippen molar-refractivity contribution in [2.24, 2.45) is 4.99 Å². The van der Waals surface area contributed by atoms with Crippen molar-refractivity contribution in [1.82, 2.24) is 21.4 Å². The molecule has 0 fully saturated rings. The Hall–Kier alpha value is -8.49. The standard InChI is InChI=1S/C58H65N9O11/c1-34(63-54(69)18-11-10-17-53(68)60-19-12-20-78-59-3)55(70)64-35(2)56(71)65-40-22-36(32-76-51-28-45-43(26-49(51)74-4)57(72)66-41(30-61-45)24-38-13-6-8-15-47(38)66)21-37(23-40)33-77-52-29-46-44(27-50(52)75-5)58(73)67-42(31-62-46)25-39-14-7-9-16-48(39)67/h6-9,13-16,21-23,26-30,34-35,41-42,59,62H,10-12,17-20,24-25,31-33H2,1-5H3,(H,60,68)(H,63,69)(H,64,70)(H,65,71)/t34-,35-,41-,42-/m0/s1. The Bertz CT molecular complexity index is 3130. The SMILES string of the molecule is CNOCCCNC(=O)CCCCC(=O)N[C@@H](C)C(=O)N[C@@H](C)C(=O)Nc1cc(COc2cc3c(cc2OC)C(=O)N2c4ccccc4C[C@H]2C=N3)cc(COc2cc3c(cc2OC)C(=O)N2c4ccccc4C[C@H]2CN3)c1. The second-order valence-electron chi connectivity index (χ2n) is 19.6. The van der Waals surface area contributed by atoms with Crippen molar-refractivity contribution in [2.75, 3.05) is 61.4 Å². The minimum absolute atomic E-state index is 0.00846. The number of methoxy groups -OCH3 is 2. The Kier molecular flexibility index (Phi) is 17.2. The molecule has 0 saturated heterocycles. The topological polar surface area (TPSA) is 240 Å². The van der Waals surface area contributed by atoms with Crippen LogP contribution in [0.3, 0.4) is 0 Å². The molecule has 4 heterocycles. The third-order valence-corrected chi connectivity index (χ3v) is 14.1. The molecule has 20 nitrogen and oxygen atoms in total. The van der Waals surface area contributed by atoms with Gasteiger partial charge in [-0.3, -0.25) is 38.7 Å². The van der Waals surface area contributed by atoms with Crippen LogP contribution in [0.5, 0.6) is 23.0 Å². The van der Waals surface area contributed by atoms with Crippen molar-refractivity contribution in [3.8, 4) is 23.0 Å². The first-order valence-electron chi connectivity index (χ1n) is 26.2. The summed E-state index contributed by atoms with van der Waals surface area (Å²) in [6.07, 6.45) is 5.16. The number of hydrogen-bond acceptors (Lipinski definition) is 14. The molecule has 4 aliphatic heterocycles. The lowest BCUT2D eigenvalue weighted by atomic mass is 10.1. The van der Waals surface area contributed by atoms with Gasteiger partial charge in [0.2, 0.25) is 23.6 Å². The van der Waals surface area contributed by atoms with Crippen LogP contribution in [0.1, 0.15) is 88.9 Å². The predicted molar refractivity (Wildman–Crippen MR) is 294 cm³/mol. The Morgan fingerprint density at radius 2 is 1.31 bits per heavy atom. The maximum atomic E-state index is 14.1. The van der Waals surface area contributed by atoms with Crippen molar-refractivity contribution >= 4 is 70.1 Å². The van der Waals surface area contributed by atoms with Crippen LogP contribution in [0.25, 0.3) is 0 Å². The number of anilines is 4. The van der Waals surface area contributed by atoms with Gasteiger partial charge in [-0.2, -0.15) is 0 Å². The van der Waals surface area contributed by atoms with Crippen LogP contribution < -0.4 is 60.8 Å². The molecule has 0 spiro atoms. The van der Waals surface area contributed by atoms with E-state index in [4.69, 9.17) is 28.8 Å². The van der Waals surface area contributed by atoms with E-state index < -0.39 is 23.9 Å². The fraction of sp³-hybridized carbons (Fsp3) is 0.362. The number of carbonyl (C=O) groups is 6. The first-order chi connectivity index (χ1) is 37.8. The highest BCUT2D eigenvalue weighted by atomic mass is 16.6. The van der Waals surface area contributed by atoms with Gasteiger partial charge in [-0.05, 0) is 104 Å². The van der Waals surface area contributed by atoms with Crippen LogP contribution in [0.4, 0.5) is 28.4 Å². The number of aliphatic imine (C=N–C) groups is 1. The van der Waals surface area contributed by atoms with Gasteiger partial charge >= 0.3 is 0 Å². The zero-order valence-corrected chi connectivity index (χ0v) is 44.4. The number of ether oxygens (including phenoxy) is 4. The quantitative estimate of drug-likeness (QED) is 0.0311. The minimum Gasteiger partial charge on any atom is -0.493 e. The average molecular weight is 1060 g/mol. The summed E-state index contributed by atoms with van der Waals surface area (Å²) in [5.74, 6) is -0.534. The Morgan fingerprint density at radius 1 is 0.692 bits per heavy atom. The molecule has 408 valence electrons. The number of unbranched alkanes of at least 4 members (excludes halogenated alkanes) is 1. The molecule has 78 heavy (non-hydrogen) atoms. The second kappa shape index (κ2) is 24.7. The lowest BCUT2D eigenvalue weighted by molar-refractivity contribution is -0.130. The highest BCUT2D eigenvalue weighted by molar-refractivity contribution is 6.15. The summed E-state index contributed by atoms with van der Waals surface area (Å²) in [6.45, 7) is 4.51. The van der Waals surface area contributed by atoms with Crippen molar-refractivity contribution in [1.29, 1.82) is 0 Å². The van der Waals surface area contributed by atoms with Gasteiger partial charge in [0.15, 0.2) is 23.0 Å². The van der Waals surface area contributed by atoms with E-state index >= 15 is 0 Å². The Morgan fingerprint density at radius 3 is 2.00 bits per heavy atom. The fourth-order valence-corrected chi connectivity index (χ4v) is 10.1. The molecule has 0 aromatic heterocycles. The monoisotopic (exact) mass is 1060 g/mol. The molecule has 5 aromatic carbocycles. The van der Waals surface area contributed by atoms with Crippen LogP contribution >= 0.6 is 0 Å². The highest BCUT2D eigenvalue weighted by Crippen LogP contribution is 2.43.